The molecule has 0 saturated carbocycles. The second-order valence-electron chi connectivity index (χ2n) is 5.69. The predicted octanol–water partition coefficient (Wildman–Crippen LogP) is 1.65. The Morgan fingerprint density at radius 1 is 0.923 bits per heavy atom. The maximum absolute atomic E-state index is 12.6. The van der Waals surface area contributed by atoms with Crippen LogP contribution in [0.25, 0.3) is 0 Å². The Morgan fingerprint density at radius 3 is 2.15 bits per heavy atom. The quantitative estimate of drug-likeness (QED) is 0.822. The van der Waals surface area contributed by atoms with Crippen LogP contribution in [0, 0.1) is 0 Å². The van der Waals surface area contributed by atoms with E-state index in [1.807, 2.05) is 0 Å². The zero-order valence-electron chi connectivity index (χ0n) is 14.2. The van der Waals surface area contributed by atoms with E-state index in [-0.39, 0.29) is 4.90 Å². The van der Waals surface area contributed by atoms with E-state index in [9.17, 15) is 16.8 Å². The first-order valence-electron chi connectivity index (χ1n) is 7.63. The number of benzene rings is 2. The van der Waals surface area contributed by atoms with Crippen LogP contribution in [-0.2, 0) is 20.0 Å². The lowest BCUT2D eigenvalue weighted by molar-refractivity contribution is 0.171. The van der Waals surface area contributed by atoms with E-state index >= 15 is 0 Å². The summed E-state index contributed by atoms with van der Waals surface area (Å²) in [5, 5.41) is 0. The Morgan fingerprint density at radius 2 is 1.54 bits per heavy atom. The second-order valence-corrected chi connectivity index (χ2v) is 9.38. The summed E-state index contributed by atoms with van der Waals surface area (Å²) < 4.78 is 62.5. The Labute approximate surface area is 152 Å². The van der Waals surface area contributed by atoms with Gasteiger partial charge in [-0.15, -0.1) is 0 Å². The first kappa shape index (κ1) is 18.3. The fraction of sp³-hybridized carbons (Fsp3) is 0.250. The van der Waals surface area contributed by atoms with Gasteiger partial charge in [-0.25, -0.2) is 16.8 Å². The third kappa shape index (κ3) is 3.86. The van der Waals surface area contributed by atoms with Crippen LogP contribution >= 0.6 is 0 Å². The molecule has 10 heteroatoms. The molecule has 0 bridgehead atoms. The van der Waals surface area contributed by atoms with Crippen LogP contribution < -0.4 is 18.5 Å². The highest BCUT2D eigenvalue weighted by Crippen LogP contribution is 2.32. The van der Waals surface area contributed by atoms with Gasteiger partial charge < -0.3 is 9.47 Å². The van der Waals surface area contributed by atoms with Crippen molar-refractivity contribution < 1.29 is 26.3 Å². The lowest BCUT2D eigenvalue weighted by atomic mass is 10.3. The molecule has 8 nitrogen and oxygen atoms in total. The van der Waals surface area contributed by atoms with Crippen molar-refractivity contribution in [3.8, 4) is 11.5 Å². The smallest absolute Gasteiger partial charge is 0.262 e. The highest BCUT2D eigenvalue weighted by Gasteiger charge is 2.20. The van der Waals surface area contributed by atoms with Crippen LogP contribution in [0.2, 0.25) is 0 Å². The number of hydrogen-bond acceptors (Lipinski definition) is 6. The third-order valence-corrected chi connectivity index (χ3v) is 6.39. The third-order valence-electron chi connectivity index (χ3n) is 3.80. The van der Waals surface area contributed by atoms with Gasteiger partial charge in [0.15, 0.2) is 11.5 Å². The average Bonchev–Trinajstić information content (AvgIpc) is 2.60. The van der Waals surface area contributed by atoms with Crippen molar-refractivity contribution >= 4 is 31.4 Å². The summed E-state index contributed by atoms with van der Waals surface area (Å²) in [6.07, 6.45) is 1.09. The van der Waals surface area contributed by atoms with Crippen LogP contribution in [-0.4, -0.2) is 43.4 Å². The molecular formula is C16H18N2O6S2. The van der Waals surface area contributed by atoms with Crippen molar-refractivity contribution in [1.82, 2.24) is 0 Å². The maximum atomic E-state index is 12.6. The van der Waals surface area contributed by atoms with E-state index in [4.69, 9.17) is 9.47 Å². The van der Waals surface area contributed by atoms with E-state index < -0.39 is 20.0 Å². The molecule has 3 rings (SSSR count). The van der Waals surface area contributed by atoms with Gasteiger partial charge in [0.1, 0.15) is 13.2 Å². The second kappa shape index (κ2) is 6.69. The van der Waals surface area contributed by atoms with Crippen LogP contribution in [0.3, 0.4) is 0 Å². The van der Waals surface area contributed by atoms with E-state index in [2.05, 4.69) is 4.72 Å². The number of rotatable bonds is 5. The highest BCUT2D eigenvalue weighted by atomic mass is 32.2. The van der Waals surface area contributed by atoms with Crippen LogP contribution in [0.15, 0.2) is 47.4 Å². The Hall–Kier alpha value is -2.46. The molecule has 0 atom stereocenters. The number of anilines is 2. The van der Waals surface area contributed by atoms with Gasteiger partial charge in [0.2, 0.25) is 10.0 Å². The van der Waals surface area contributed by atoms with Crippen molar-refractivity contribution in [3.63, 3.8) is 0 Å². The van der Waals surface area contributed by atoms with Gasteiger partial charge in [-0.05, 0) is 36.4 Å². The molecule has 1 heterocycles. The SMILES string of the molecule is CN(c1ccc(NS(=O)(=O)c2ccc3c(c2)OCCO3)cc1)S(C)(=O)=O. The van der Waals surface area contributed by atoms with Gasteiger partial charge >= 0.3 is 0 Å². The minimum absolute atomic E-state index is 0.0408. The number of hydrogen-bond donors (Lipinski definition) is 1. The van der Waals surface area contributed by atoms with E-state index in [1.165, 1.54) is 43.4 Å². The summed E-state index contributed by atoms with van der Waals surface area (Å²) in [5.74, 6) is 0.882. The van der Waals surface area contributed by atoms with Crippen molar-refractivity contribution in [3.05, 3.63) is 42.5 Å². The lowest BCUT2D eigenvalue weighted by Crippen LogP contribution is -2.24. The summed E-state index contributed by atoms with van der Waals surface area (Å²) in [5.41, 5.74) is 0.736. The zero-order valence-corrected chi connectivity index (χ0v) is 15.8. The molecule has 140 valence electrons. The Bertz CT molecular complexity index is 1020. The van der Waals surface area contributed by atoms with E-state index in [1.54, 1.807) is 6.07 Å². The Kier molecular flexibility index (Phi) is 4.72. The molecule has 0 aliphatic carbocycles. The van der Waals surface area contributed by atoms with Gasteiger partial charge in [0.05, 0.1) is 16.8 Å². The molecule has 0 amide bonds. The first-order chi connectivity index (χ1) is 12.2. The van der Waals surface area contributed by atoms with Gasteiger partial charge in [-0.3, -0.25) is 9.03 Å². The van der Waals surface area contributed by atoms with Crippen LogP contribution in [0.1, 0.15) is 0 Å². The van der Waals surface area contributed by atoms with Crippen molar-refractivity contribution in [2.75, 3.05) is 35.5 Å². The summed E-state index contributed by atoms with van der Waals surface area (Å²) >= 11 is 0. The molecule has 0 unspecified atom stereocenters. The molecule has 0 saturated heterocycles. The minimum Gasteiger partial charge on any atom is -0.486 e. The topological polar surface area (TPSA) is 102 Å². The van der Waals surface area contributed by atoms with E-state index in [0.29, 0.717) is 36.1 Å². The number of ether oxygens (including phenoxy) is 2. The molecule has 1 aliphatic rings. The molecule has 1 aliphatic heterocycles. The van der Waals surface area contributed by atoms with Crippen molar-refractivity contribution in [2.24, 2.45) is 0 Å². The standard InChI is InChI=1S/C16H18N2O6S2/c1-18(25(2,19)20)13-5-3-12(4-6-13)17-26(21,22)14-7-8-15-16(11-14)24-10-9-23-15/h3-8,11,17H,9-10H2,1-2H3. The monoisotopic (exact) mass is 398 g/mol. The van der Waals surface area contributed by atoms with Gasteiger partial charge in [0.25, 0.3) is 10.0 Å². The molecule has 2 aromatic carbocycles. The summed E-state index contributed by atoms with van der Waals surface area (Å²) in [6.45, 7) is 0.783. The number of sulfonamides is 2. The van der Waals surface area contributed by atoms with E-state index in [0.717, 1.165) is 10.6 Å². The molecule has 0 spiro atoms. The van der Waals surface area contributed by atoms with Crippen LogP contribution in [0.5, 0.6) is 11.5 Å². The minimum atomic E-state index is -3.83. The van der Waals surface area contributed by atoms with Crippen molar-refractivity contribution in [2.45, 2.75) is 4.90 Å². The molecular weight excluding hydrogens is 380 g/mol. The number of fused-ring (bicyclic) bond motifs is 1. The normalized spacial score (nSPS) is 13.9. The fourth-order valence-corrected chi connectivity index (χ4v) is 3.91. The van der Waals surface area contributed by atoms with Gasteiger partial charge in [-0.1, -0.05) is 0 Å². The molecule has 0 fully saturated rings. The van der Waals surface area contributed by atoms with Gasteiger partial charge in [0, 0.05) is 18.8 Å². The molecule has 26 heavy (non-hydrogen) atoms. The van der Waals surface area contributed by atoms with Crippen molar-refractivity contribution in [1.29, 1.82) is 0 Å². The Balaban J connectivity index is 1.81. The lowest BCUT2D eigenvalue weighted by Gasteiger charge is -2.19. The average molecular weight is 398 g/mol. The summed E-state index contributed by atoms with van der Waals surface area (Å²) in [6, 6.07) is 10.4. The molecule has 0 radical (unpaired) electrons. The predicted molar refractivity (Wildman–Crippen MR) is 97.9 cm³/mol. The maximum Gasteiger partial charge on any atom is 0.262 e. The van der Waals surface area contributed by atoms with Crippen LogP contribution in [0.4, 0.5) is 11.4 Å². The molecule has 1 N–H and O–H groups in total. The summed E-state index contributed by atoms with van der Waals surface area (Å²) in [7, 11) is -5.79. The number of nitrogens with zero attached hydrogens (tertiary/aromatic N) is 1. The molecule has 2 aromatic rings. The zero-order chi connectivity index (χ0) is 18.9. The highest BCUT2D eigenvalue weighted by molar-refractivity contribution is 7.92. The first-order valence-corrected chi connectivity index (χ1v) is 11.0. The number of nitrogens with one attached hydrogen (secondary N) is 1. The van der Waals surface area contributed by atoms with Gasteiger partial charge in [-0.2, -0.15) is 0 Å². The summed E-state index contributed by atoms with van der Waals surface area (Å²) in [4.78, 5) is 0.0408. The fourth-order valence-electron chi connectivity index (χ4n) is 2.34. The molecule has 0 aromatic heterocycles. The largest absolute Gasteiger partial charge is 0.486 e.